The Bertz CT molecular complexity index is 682. The summed E-state index contributed by atoms with van der Waals surface area (Å²) in [6.07, 6.45) is 1.01. The highest BCUT2D eigenvalue weighted by Crippen LogP contribution is 2.31. The molecule has 6 heteroatoms. The first-order valence-corrected chi connectivity index (χ1v) is 8.66. The van der Waals surface area contributed by atoms with Crippen LogP contribution in [0.4, 0.5) is 0 Å². The number of aryl methyl sites for hydroxylation is 1. The maximum atomic E-state index is 10.3. The van der Waals surface area contributed by atoms with Crippen LogP contribution in [0.1, 0.15) is 12.0 Å². The molecule has 2 N–H and O–H groups in total. The van der Waals surface area contributed by atoms with Crippen molar-refractivity contribution < 1.29 is 19.3 Å². The van der Waals surface area contributed by atoms with Crippen LogP contribution in [0.2, 0.25) is 0 Å². The van der Waals surface area contributed by atoms with Crippen molar-refractivity contribution in [1.82, 2.24) is 5.32 Å². The molecule has 2 unspecified atom stereocenters. The minimum Gasteiger partial charge on any atom is -0.497 e. The fraction of sp³-hybridized carbons (Fsp3) is 0.400. The third-order valence-electron chi connectivity index (χ3n) is 4.27. The lowest BCUT2D eigenvalue weighted by Gasteiger charge is -2.29. The Morgan fingerprint density at radius 3 is 2.81 bits per heavy atom. The Balaban J connectivity index is 0.00000243. The van der Waals surface area contributed by atoms with Crippen LogP contribution in [-0.2, 0) is 6.42 Å². The van der Waals surface area contributed by atoms with E-state index in [9.17, 15) is 5.11 Å². The van der Waals surface area contributed by atoms with Crippen molar-refractivity contribution in [2.45, 2.75) is 25.0 Å². The molecule has 1 aliphatic heterocycles. The summed E-state index contributed by atoms with van der Waals surface area (Å²) in [5.41, 5.74) is 1.25. The van der Waals surface area contributed by atoms with Gasteiger partial charge in [0.2, 0.25) is 0 Å². The molecule has 0 saturated heterocycles. The molecule has 3 rings (SSSR count). The molecule has 0 fully saturated rings. The third kappa shape index (κ3) is 5.53. The van der Waals surface area contributed by atoms with Gasteiger partial charge in [-0.25, -0.2) is 0 Å². The van der Waals surface area contributed by atoms with Crippen molar-refractivity contribution in [3.63, 3.8) is 0 Å². The molecule has 26 heavy (non-hydrogen) atoms. The summed E-state index contributed by atoms with van der Waals surface area (Å²) in [6.45, 7) is 1.68. The molecular formula is C20H26ClNO4. The van der Waals surface area contributed by atoms with Crippen molar-refractivity contribution in [1.29, 1.82) is 0 Å². The van der Waals surface area contributed by atoms with Gasteiger partial charge in [0.05, 0.1) is 7.11 Å². The molecule has 0 aromatic heterocycles. The lowest BCUT2D eigenvalue weighted by molar-refractivity contribution is -0.00898. The van der Waals surface area contributed by atoms with Gasteiger partial charge in [-0.3, -0.25) is 0 Å². The van der Waals surface area contributed by atoms with Gasteiger partial charge in [0.15, 0.2) is 17.6 Å². The Hall–Kier alpha value is -1.95. The molecule has 142 valence electrons. The van der Waals surface area contributed by atoms with Crippen LogP contribution >= 0.6 is 12.4 Å². The molecule has 0 saturated carbocycles. The van der Waals surface area contributed by atoms with Gasteiger partial charge in [0.25, 0.3) is 0 Å². The standard InChI is InChI=1S/C20H25NO4.ClH/c1-23-16-8-4-6-15(12-16)7-5-11-21-13-17(22)20-14-24-18-9-2-3-10-19(18)25-20;/h2-4,6,8-10,12,17,20-22H,5,7,11,13-14H2,1H3;1H. The van der Waals surface area contributed by atoms with Gasteiger partial charge in [0.1, 0.15) is 18.5 Å². The molecule has 2 aromatic carbocycles. The number of fused-ring (bicyclic) bond motifs is 1. The highest BCUT2D eigenvalue weighted by Gasteiger charge is 2.27. The average Bonchev–Trinajstić information content (AvgIpc) is 2.67. The minimum atomic E-state index is -0.606. The molecule has 2 aromatic rings. The molecule has 0 amide bonds. The zero-order chi connectivity index (χ0) is 17.5. The maximum absolute atomic E-state index is 10.3. The number of aliphatic hydroxyl groups is 1. The molecule has 0 spiro atoms. The molecule has 1 heterocycles. The van der Waals surface area contributed by atoms with Crippen molar-refractivity contribution in [2.75, 3.05) is 26.8 Å². The second-order valence-electron chi connectivity index (χ2n) is 6.14. The minimum absolute atomic E-state index is 0. The first-order chi connectivity index (χ1) is 12.3. The molecule has 1 aliphatic rings. The quantitative estimate of drug-likeness (QED) is 0.691. The van der Waals surface area contributed by atoms with E-state index in [4.69, 9.17) is 14.2 Å². The van der Waals surface area contributed by atoms with E-state index in [2.05, 4.69) is 17.4 Å². The van der Waals surface area contributed by atoms with Crippen LogP contribution in [0.15, 0.2) is 48.5 Å². The summed E-state index contributed by atoms with van der Waals surface area (Å²) in [6, 6.07) is 15.6. The first-order valence-electron chi connectivity index (χ1n) is 8.66. The second kappa shape index (κ2) is 10.3. The van der Waals surface area contributed by atoms with Crippen LogP contribution in [0.3, 0.4) is 0 Å². The topological polar surface area (TPSA) is 60.0 Å². The van der Waals surface area contributed by atoms with Crippen LogP contribution in [0.5, 0.6) is 17.2 Å². The molecule has 0 bridgehead atoms. The predicted molar refractivity (Wildman–Crippen MR) is 104 cm³/mol. The highest BCUT2D eigenvalue weighted by atomic mass is 35.5. The summed E-state index contributed by atoms with van der Waals surface area (Å²) < 4.78 is 16.7. The number of para-hydroxylation sites is 2. The van der Waals surface area contributed by atoms with E-state index in [0.29, 0.717) is 18.9 Å². The highest BCUT2D eigenvalue weighted by molar-refractivity contribution is 5.85. The van der Waals surface area contributed by atoms with E-state index in [1.54, 1.807) is 7.11 Å². The summed E-state index contributed by atoms with van der Waals surface area (Å²) >= 11 is 0. The monoisotopic (exact) mass is 379 g/mol. The normalized spacial score (nSPS) is 16.5. The number of ether oxygens (including phenoxy) is 3. The molecule has 5 nitrogen and oxygen atoms in total. The van der Waals surface area contributed by atoms with E-state index in [-0.39, 0.29) is 18.5 Å². The number of aliphatic hydroxyl groups excluding tert-OH is 1. The van der Waals surface area contributed by atoms with Crippen molar-refractivity contribution in [2.24, 2.45) is 0 Å². The van der Waals surface area contributed by atoms with Crippen molar-refractivity contribution in [3.8, 4) is 17.2 Å². The van der Waals surface area contributed by atoms with Gasteiger partial charge >= 0.3 is 0 Å². The fourth-order valence-corrected chi connectivity index (χ4v) is 2.85. The number of hydrogen-bond acceptors (Lipinski definition) is 5. The lowest BCUT2D eigenvalue weighted by Crippen LogP contribution is -2.45. The summed E-state index contributed by atoms with van der Waals surface area (Å²) in [4.78, 5) is 0. The summed E-state index contributed by atoms with van der Waals surface area (Å²) in [7, 11) is 1.68. The number of benzene rings is 2. The maximum Gasteiger partial charge on any atom is 0.161 e. The largest absolute Gasteiger partial charge is 0.497 e. The predicted octanol–water partition coefficient (Wildman–Crippen LogP) is 2.84. The number of methoxy groups -OCH3 is 1. The first kappa shape index (κ1) is 20.4. The Kier molecular flexibility index (Phi) is 8.04. The van der Waals surface area contributed by atoms with Gasteiger partial charge in [0, 0.05) is 6.54 Å². The number of halogens is 1. The van der Waals surface area contributed by atoms with Crippen molar-refractivity contribution >= 4 is 12.4 Å². The van der Waals surface area contributed by atoms with Gasteiger partial charge in [-0.2, -0.15) is 0 Å². The van der Waals surface area contributed by atoms with E-state index < -0.39 is 6.10 Å². The Morgan fingerprint density at radius 2 is 2.00 bits per heavy atom. The smallest absolute Gasteiger partial charge is 0.161 e. The fourth-order valence-electron chi connectivity index (χ4n) is 2.85. The average molecular weight is 380 g/mol. The van der Waals surface area contributed by atoms with Crippen LogP contribution in [-0.4, -0.2) is 44.1 Å². The van der Waals surface area contributed by atoms with Gasteiger partial charge in [-0.1, -0.05) is 24.3 Å². The summed E-state index contributed by atoms with van der Waals surface area (Å²) in [5.74, 6) is 2.31. The van der Waals surface area contributed by atoms with Gasteiger partial charge in [-0.15, -0.1) is 12.4 Å². The number of rotatable bonds is 8. The van der Waals surface area contributed by atoms with Crippen LogP contribution in [0, 0.1) is 0 Å². The zero-order valence-corrected chi connectivity index (χ0v) is 15.7. The lowest BCUT2D eigenvalue weighted by atomic mass is 10.1. The van der Waals surface area contributed by atoms with E-state index in [0.717, 1.165) is 30.9 Å². The van der Waals surface area contributed by atoms with Crippen LogP contribution < -0.4 is 19.5 Å². The third-order valence-corrected chi connectivity index (χ3v) is 4.27. The summed E-state index contributed by atoms with van der Waals surface area (Å²) in [5, 5.41) is 13.6. The zero-order valence-electron chi connectivity index (χ0n) is 14.9. The molecule has 0 aliphatic carbocycles. The van der Waals surface area contributed by atoms with E-state index >= 15 is 0 Å². The number of hydrogen-bond donors (Lipinski definition) is 2. The SMILES string of the molecule is COc1cccc(CCCNCC(O)C2COc3ccccc3O2)c1.Cl. The van der Waals surface area contributed by atoms with Crippen molar-refractivity contribution in [3.05, 3.63) is 54.1 Å². The van der Waals surface area contributed by atoms with Crippen LogP contribution in [0.25, 0.3) is 0 Å². The molecule has 2 atom stereocenters. The number of nitrogens with one attached hydrogen (secondary N) is 1. The molecule has 0 radical (unpaired) electrons. The Morgan fingerprint density at radius 1 is 1.19 bits per heavy atom. The Labute approximate surface area is 160 Å². The van der Waals surface area contributed by atoms with Gasteiger partial charge in [-0.05, 0) is 49.2 Å². The van der Waals surface area contributed by atoms with Gasteiger partial charge < -0.3 is 24.6 Å². The molecular weight excluding hydrogens is 354 g/mol. The second-order valence-corrected chi connectivity index (χ2v) is 6.14. The van der Waals surface area contributed by atoms with E-state index in [1.807, 2.05) is 36.4 Å². The van der Waals surface area contributed by atoms with E-state index in [1.165, 1.54) is 5.56 Å².